The Hall–Kier alpha value is -1.43. The monoisotopic (exact) mass is 393 g/mol. The highest BCUT2D eigenvalue weighted by Gasteiger charge is 2.57. The van der Waals surface area contributed by atoms with E-state index in [0.29, 0.717) is 12.8 Å². The Bertz CT molecular complexity index is 782. The number of rotatable bonds is 5. The molecule has 0 aliphatic heterocycles. The minimum Gasteiger partial charge on any atom is -0.369 e. The van der Waals surface area contributed by atoms with Gasteiger partial charge in [-0.2, -0.15) is 0 Å². The van der Waals surface area contributed by atoms with E-state index < -0.39 is 10.8 Å². The molecule has 1 aromatic rings. The van der Waals surface area contributed by atoms with Crippen LogP contribution in [0.4, 0.5) is 0 Å². The molecule has 2 rings (SSSR count). The standard InChI is InChI=1S/C21H35N3O2S/c1-8-9-10-14-13-24(19(2,3)4)27-17(14)23-16(25)15-11-12-21(7,18(22)26)20(15,5)6/h13,15H,8-12H2,1-7H3,(H2,22,26)/b23-17-/t15-,21+/m1/s1. The maximum absolute atomic E-state index is 13.1. The first-order valence-electron chi connectivity index (χ1n) is 9.95. The first-order valence-corrected chi connectivity index (χ1v) is 10.7. The fourth-order valence-corrected chi connectivity index (χ4v) is 4.93. The predicted octanol–water partition coefficient (Wildman–Crippen LogP) is 4.00. The number of hydrogen-bond donors (Lipinski definition) is 1. The van der Waals surface area contributed by atoms with Gasteiger partial charge in [-0.3, -0.25) is 13.5 Å². The molecular weight excluding hydrogens is 358 g/mol. The Balaban J connectivity index is 2.42. The van der Waals surface area contributed by atoms with Crippen LogP contribution in [0.3, 0.4) is 0 Å². The maximum Gasteiger partial charge on any atom is 0.250 e. The molecule has 2 atom stereocenters. The van der Waals surface area contributed by atoms with Crippen LogP contribution >= 0.6 is 11.5 Å². The van der Waals surface area contributed by atoms with Crippen molar-refractivity contribution in [2.24, 2.45) is 27.5 Å². The van der Waals surface area contributed by atoms with Crippen LogP contribution in [0.2, 0.25) is 0 Å². The van der Waals surface area contributed by atoms with Crippen LogP contribution in [0.15, 0.2) is 11.2 Å². The van der Waals surface area contributed by atoms with Crippen LogP contribution in [0.5, 0.6) is 0 Å². The Morgan fingerprint density at radius 2 is 1.96 bits per heavy atom. The second kappa shape index (κ2) is 7.53. The van der Waals surface area contributed by atoms with Gasteiger partial charge in [0.15, 0.2) is 0 Å². The highest BCUT2D eigenvalue weighted by atomic mass is 32.1. The zero-order valence-electron chi connectivity index (χ0n) is 17.9. The summed E-state index contributed by atoms with van der Waals surface area (Å²) in [6, 6.07) is 0. The molecule has 2 N–H and O–H groups in total. The van der Waals surface area contributed by atoms with Gasteiger partial charge < -0.3 is 5.73 Å². The molecule has 0 spiro atoms. The predicted molar refractivity (Wildman–Crippen MR) is 110 cm³/mol. The van der Waals surface area contributed by atoms with Crippen LogP contribution in [0, 0.1) is 16.7 Å². The van der Waals surface area contributed by atoms with E-state index in [0.717, 1.165) is 29.5 Å². The first-order chi connectivity index (χ1) is 12.3. The molecule has 5 nitrogen and oxygen atoms in total. The van der Waals surface area contributed by atoms with E-state index >= 15 is 0 Å². The minimum absolute atomic E-state index is 0.0420. The lowest BCUT2D eigenvalue weighted by Gasteiger charge is -2.38. The van der Waals surface area contributed by atoms with Crippen molar-refractivity contribution in [1.82, 2.24) is 3.96 Å². The van der Waals surface area contributed by atoms with Crippen molar-refractivity contribution in [3.63, 3.8) is 0 Å². The Labute approximate surface area is 167 Å². The number of nitrogens with two attached hydrogens (primary N) is 1. The number of amides is 2. The van der Waals surface area contributed by atoms with Gasteiger partial charge >= 0.3 is 0 Å². The summed E-state index contributed by atoms with van der Waals surface area (Å²) in [5.41, 5.74) is 5.59. The highest BCUT2D eigenvalue weighted by molar-refractivity contribution is 7.04. The third-order valence-corrected chi connectivity index (χ3v) is 7.85. The van der Waals surface area contributed by atoms with Gasteiger partial charge in [0.2, 0.25) is 5.91 Å². The van der Waals surface area contributed by atoms with Crippen molar-refractivity contribution in [2.75, 3.05) is 0 Å². The molecule has 1 fully saturated rings. The fourth-order valence-electron chi connectivity index (χ4n) is 3.89. The largest absolute Gasteiger partial charge is 0.369 e. The van der Waals surface area contributed by atoms with E-state index in [2.05, 4.69) is 42.8 Å². The Morgan fingerprint density at radius 3 is 2.44 bits per heavy atom. The molecule has 0 unspecified atom stereocenters. The molecule has 0 bridgehead atoms. The summed E-state index contributed by atoms with van der Waals surface area (Å²) in [6.45, 7) is 14.5. The zero-order valence-corrected chi connectivity index (χ0v) is 18.7. The van der Waals surface area contributed by atoms with E-state index in [1.54, 1.807) is 11.5 Å². The number of unbranched alkanes of at least 4 members (excludes halogenated alkanes) is 1. The molecule has 1 heterocycles. The minimum atomic E-state index is -0.672. The van der Waals surface area contributed by atoms with Gasteiger partial charge in [-0.15, -0.1) is 0 Å². The summed E-state index contributed by atoms with van der Waals surface area (Å²) >= 11 is 1.55. The SMILES string of the molecule is CCCCc1cn(C(C)(C)C)s/c1=N\C(=O)[C@H]1CC[C@@](C)(C(N)=O)C1(C)C. The molecule has 1 aliphatic carbocycles. The molecule has 6 heteroatoms. The van der Waals surface area contributed by atoms with E-state index in [1.807, 2.05) is 20.8 Å². The maximum atomic E-state index is 13.1. The van der Waals surface area contributed by atoms with E-state index in [9.17, 15) is 9.59 Å². The Kier molecular flexibility index (Phi) is 6.10. The summed E-state index contributed by atoms with van der Waals surface area (Å²) in [6.07, 6.45) is 6.53. The van der Waals surface area contributed by atoms with Crippen molar-refractivity contribution < 1.29 is 9.59 Å². The molecule has 1 aliphatic rings. The van der Waals surface area contributed by atoms with Crippen LogP contribution in [-0.2, 0) is 21.5 Å². The van der Waals surface area contributed by atoms with Crippen LogP contribution < -0.4 is 10.4 Å². The van der Waals surface area contributed by atoms with Crippen molar-refractivity contribution in [2.45, 2.75) is 86.1 Å². The molecule has 0 radical (unpaired) electrons. The molecule has 27 heavy (non-hydrogen) atoms. The molecule has 0 saturated heterocycles. The topological polar surface area (TPSA) is 77.4 Å². The van der Waals surface area contributed by atoms with Crippen molar-refractivity contribution in [1.29, 1.82) is 0 Å². The second-order valence-corrected chi connectivity index (χ2v) is 10.6. The molecule has 152 valence electrons. The first kappa shape index (κ1) is 21.9. The van der Waals surface area contributed by atoms with Gasteiger partial charge in [-0.25, -0.2) is 4.99 Å². The number of carbonyl (C=O) groups is 2. The lowest BCUT2D eigenvalue weighted by molar-refractivity contribution is -0.135. The second-order valence-electron chi connectivity index (χ2n) is 9.61. The quantitative estimate of drug-likeness (QED) is 0.820. The third-order valence-electron chi connectivity index (χ3n) is 6.47. The average molecular weight is 394 g/mol. The van der Waals surface area contributed by atoms with Gasteiger partial charge in [-0.05, 0) is 63.4 Å². The summed E-state index contributed by atoms with van der Waals surface area (Å²) in [7, 11) is 0. The summed E-state index contributed by atoms with van der Waals surface area (Å²) < 4.78 is 2.99. The van der Waals surface area contributed by atoms with Crippen LogP contribution in [-0.4, -0.2) is 15.8 Å². The molecule has 1 aromatic heterocycles. The molecular formula is C21H35N3O2S. The normalized spacial score (nSPS) is 25.7. The van der Waals surface area contributed by atoms with Crippen LogP contribution in [0.1, 0.15) is 79.7 Å². The fraction of sp³-hybridized carbons (Fsp3) is 0.762. The van der Waals surface area contributed by atoms with Crippen LogP contribution in [0.25, 0.3) is 0 Å². The van der Waals surface area contributed by atoms with Gasteiger partial charge in [-0.1, -0.05) is 34.1 Å². The number of carbonyl (C=O) groups excluding carboxylic acids is 2. The lowest BCUT2D eigenvalue weighted by Crippen LogP contribution is -2.45. The highest BCUT2D eigenvalue weighted by Crippen LogP contribution is 2.56. The van der Waals surface area contributed by atoms with Gasteiger partial charge in [0.1, 0.15) is 4.67 Å². The molecule has 1 saturated carbocycles. The number of aryl methyl sites for hydroxylation is 1. The van der Waals surface area contributed by atoms with Crippen molar-refractivity contribution in [3.8, 4) is 0 Å². The van der Waals surface area contributed by atoms with E-state index in [1.165, 1.54) is 0 Å². The number of primary amides is 1. The summed E-state index contributed by atoms with van der Waals surface area (Å²) in [5, 5.41) is 0. The van der Waals surface area contributed by atoms with E-state index in [-0.39, 0.29) is 23.3 Å². The smallest absolute Gasteiger partial charge is 0.250 e. The molecule has 2 amide bonds. The lowest BCUT2D eigenvalue weighted by atomic mass is 9.65. The van der Waals surface area contributed by atoms with Crippen molar-refractivity contribution in [3.05, 3.63) is 16.4 Å². The van der Waals surface area contributed by atoms with Gasteiger partial charge in [0.05, 0.1) is 5.41 Å². The van der Waals surface area contributed by atoms with Gasteiger partial charge in [0, 0.05) is 23.2 Å². The Morgan fingerprint density at radius 1 is 1.33 bits per heavy atom. The van der Waals surface area contributed by atoms with Crippen molar-refractivity contribution >= 4 is 23.3 Å². The summed E-state index contributed by atoms with van der Waals surface area (Å²) in [5.74, 6) is -0.724. The number of nitrogens with zero attached hydrogens (tertiary/aromatic N) is 2. The third kappa shape index (κ3) is 4.05. The van der Waals surface area contributed by atoms with E-state index in [4.69, 9.17) is 5.73 Å². The van der Waals surface area contributed by atoms with Gasteiger partial charge in [0.25, 0.3) is 5.91 Å². The summed E-state index contributed by atoms with van der Waals surface area (Å²) in [4.78, 5) is 29.7. The number of aromatic nitrogens is 1. The number of hydrogen-bond acceptors (Lipinski definition) is 3. The molecule has 0 aromatic carbocycles. The zero-order chi connectivity index (χ0) is 20.6. The average Bonchev–Trinajstić information content (AvgIpc) is 3.05.